The molecule has 6 heterocycles. The number of carbonyl (C=O) groups excluding carboxylic acids is 4. The van der Waals surface area contributed by atoms with Gasteiger partial charge in [-0.2, -0.15) is 52.7 Å². The van der Waals surface area contributed by atoms with Crippen LogP contribution in [0.2, 0.25) is 0 Å². The van der Waals surface area contributed by atoms with Crippen LogP contribution in [-0.4, -0.2) is 145 Å². The number of halogens is 12. The summed E-state index contributed by atoms with van der Waals surface area (Å²) in [6.07, 6.45) is -20.7. The molecule has 4 amide bonds. The third-order valence-electron chi connectivity index (χ3n) is 8.00. The molecule has 6 aliphatic rings. The first-order chi connectivity index (χ1) is 20.1. The van der Waals surface area contributed by atoms with E-state index < -0.39 is 73.4 Å². The van der Waals surface area contributed by atoms with Crippen LogP contribution in [0.15, 0.2) is 0 Å². The Morgan fingerprint density at radius 3 is 1.04 bits per heavy atom. The van der Waals surface area contributed by atoms with Crippen molar-refractivity contribution in [2.75, 3.05) is 53.4 Å². The number of nitrogens with zero attached hydrogens (tertiary/aromatic N) is 6. The third kappa shape index (κ3) is 7.09. The van der Waals surface area contributed by atoms with Crippen molar-refractivity contribution < 1.29 is 71.9 Å². The molecule has 0 aromatic heterocycles. The molecule has 0 unspecified atom stereocenters. The van der Waals surface area contributed by atoms with Gasteiger partial charge in [0.05, 0.1) is 0 Å². The zero-order chi connectivity index (χ0) is 34.9. The van der Waals surface area contributed by atoms with Crippen LogP contribution in [0.1, 0.15) is 20.3 Å². The predicted octanol–water partition coefficient (Wildman–Crippen LogP) is 1.83. The van der Waals surface area contributed by atoms with Crippen molar-refractivity contribution in [3.63, 3.8) is 0 Å². The van der Waals surface area contributed by atoms with Crippen LogP contribution in [0.4, 0.5) is 52.7 Å². The summed E-state index contributed by atoms with van der Waals surface area (Å²) in [6.45, 7) is 2.04. The van der Waals surface area contributed by atoms with Crippen LogP contribution in [0, 0.1) is 10.8 Å². The summed E-state index contributed by atoms with van der Waals surface area (Å²) in [5.74, 6) is -9.00. The minimum absolute atomic E-state index is 0.181. The first kappa shape index (κ1) is 36.6. The summed E-state index contributed by atoms with van der Waals surface area (Å²) < 4.78 is 152. The van der Waals surface area contributed by atoms with E-state index in [1.54, 1.807) is 6.92 Å². The third-order valence-corrected chi connectivity index (χ3v) is 8.00. The summed E-state index contributed by atoms with van der Waals surface area (Å²) >= 11 is 0. The fraction of sp³-hybridized carbons (Fsp3) is 0.810. The van der Waals surface area contributed by atoms with Crippen LogP contribution < -0.4 is 0 Å². The van der Waals surface area contributed by atoms with Crippen LogP contribution in [-0.2, 0) is 19.2 Å². The summed E-state index contributed by atoms with van der Waals surface area (Å²) in [4.78, 5) is 49.6. The van der Waals surface area contributed by atoms with E-state index >= 15 is 0 Å². The standard InChI is InChI=1S/C11H14BF6N3O2.C10H12BF6N3O2/c1-3-9-4-19(2)12(20(5-9)7(22)10(13,14)15)21(6-9)8(23)11(16,17)18;1-8-3-18(2)11(19(4-8)6(21)9(12,13)14)20(5-8)7(22)10(15,16)17/h3-6H2,1-2H3;3-5H2,1-2H3. The highest BCUT2D eigenvalue weighted by Gasteiger charge is 2.64. The van der Waals surface area contributed by atoms with Gasteiger partial charge in [0.15, 0.2) is 0 Å². The van der Waals surface area contributed by atoms with Crippen LogP contribution in [0.3, 0.4) is 0 Å². The van der Waals surface area contributed by atoms with Gasteiger partial charge in [-0.25, -0.2) is 0 Å². The second-order valence-corrected chi connectivity index (χ2v) is 11.9. The molecule has 10 nitrogen and oxygen atoms in total. The van der Waals surface area contributed by atoms with Crippen LogP contribution >= 0.6 is 0 Å². The van der Waals surface area contributed by atoms with Gasteiger partial charge in [-0.15, -0.1) is 0 Å². The fourth-order valence-corrected chi connectivity index (χ4v) is 6.45. The highest BCUT2D eigenvalue weighted by Crippen LogP contribution is 2.41. The quantitative estimate of drug-likeness (QED) is 0.312. The molecule has 6 fully saturated rings. The predicted molar refractivity (Wildman–Crippen MR) is 129 cm³/mol. The Morgan fingerprint density at radius 1 is 0.533 bits per heavy atom. The molecule has 254 valence electrons. The molecular weight excluding hydrogens is 650 g/mol. The van der Waals surface area contributed by atoms with Gasteiger partial charge in [0.25, 0.3) is 0 Å². The van der Waals surface area contributed by atoms with Gasteiger partial charge >= 0.3 is 62.6 Å². The second-order valence-electron chi connectivity index (χ2n) is 11.9. The van der Waals surface area contributed by atoms with E-state index in [-0.39, 0.29) is 55.3 Å². The topological polar surface area (TPSA) is 87.7 Å². The molecule has 24 heteroatoms. The molecule has 45 heavy (non-hydrogen) atoms. The van der Waals surface area contributed by atoms with Gasteiger partial charge in [-0.3, -0.25) is 19.2 Å². The lowest BCUT2D eigenvalue weighted by atomic mass is 9.64. The molecule has 0 radical (unpaired) electrons. The zero-order valence-electron chi connectivity index (χ0n) is 24.0. The first-order valence-corrected chi connectivity index (χ1v) is 13.0. The van der Waals surface area contributed by atoms with E-state index in [2.05, 4.69) is 0 Å². The average molecular weight is 676 g/mol. The van der Waals surface area contributed by atoms with Crippen molar-refractivity contribution in [2.24, 2.45) is 10.8 Å². The summed E-state index contributed by atoms with van der Waals surface area (Å²) in [6, 6.07) is 0. The van der Waals surface area contributed by atoms with Crippen molar-refractivity contribution in [3.8, 4) is 0 Å². The molecule has 0 saturated carbocycles. The molecule has 0 aromatic carbocycles. The minimum atomic E-state index is -5.22. The normalized spacial score (nSPS) is 22.0. The van der Waals surface area contributed by atoms with E-state index in [0.29, 0.717) is 9.62 Å². The van der Waals surface area contributed by atoms with E-state index in [9.17, 15) is 71.9 Å². The van der Waals surface area contributed by atoms with Gasteiger partial charge in [0, 0.05) is 37.0 Å². The van der Waals surface area contributed by atoms with Gasteiger partial charge in [-0.05, 0) is 33.6 Å². The molecule has 0 atom stereocenters. The van der Waals surface area contributed by atoms with Gasteiger partial charge in [0.2, 0.25) is 0 Å². The maximum Gasteiger partial charge on any atom is 0.475 e. The average Bonchev–Trinajstić information content (AvgIpc) is 2.88. The van der Waals surface area contributed by atoms with Crippen LogP contribution in [0.5, 0.6) is 0 Å². The van der Waals surface area contributed by atoms with E-state index in [1.807, 2.05) is 0 Å². The van der Waals surface area contributed by atoms with Crippen LogP contribution in [0.25, 0.3) is 0 Å². The fourth-order valence-electron chi connectivity index (χ4n) is 6.45. The number of amides is 4. The number of hydrogen-bond acceptors (Lipinski definition) is 6. The van der Waals surface area contributed by atoms with Crippen molar-refractivity contribution in [3.05, 3.63) is 0 Å². The van der Waals surface area contributed by atoms with E-state index in [4.69, 9.17) is 0 Å². The lowest BCUT2D eigenvalue weighted by molar-refractivity contribution is -0.192. The lowest BCUT2D eigenvalue weighted by Gasteiger charge is -2.59. The zero-order valence-corrected chi connectivity index (χ0v) is 24.0. The molecule has 0 aliphatic carbocycles. The molecule has 0 N–H and O–H groups in total. The second kappa shape index (κ2) is 11.4. The molecule has 0 spiro atoms. The molecule has 6 rings (SSSR count). The SMILES string of the molecule is CCC12CN(C)B(N(C(=O)C(F)(F)F)C1)N(C(=O)C(F)(F)F)C2.CN1CC2(C)CN(C(=O)C(F)(F)F)B1N(C(=O)C(F)(F)F)C2. The molecule has 6 saturated heterocycles. The number of carbonyl (C=O) groups is 4. The molecular formula is C21H26B2F12N6O4. The number of fused-ring (bicyclic) bond motifs is 6. The maximum atomic E-state index is 12.7. The Bertz CT molecular complexity index is 1140. The monoisotopic (exact) mass is 676 g/mol. The van der Waals surface area contributed by atoms with E-state index in [1.165, 1.54) is 25.8 Å². The Morgan fingerprint density at radius 2 is 0.800 bits per heavy atom. The smallest absolute Gasteiger partial charge is 0.344 e. The minimum Gasteiger partial charge on any atom is -0.344 e. The van der Waals surface area contributed by atoms with E-state index in [0.717, 1.165) is 4.81 Å². The summed E-state index contributed by atoms with van der Waals surface area (Å²) in [7, 11) is -0.813. The highest BCUT2D eigenvalue weighted by molar-refractivity contribution is 6.57. The maximum absolute atomic E-state index is 12.7. The van der Waals surface area contributed by atoms with Crippen molar-refractivity contribution in [2.45, 2.75) is 45.0 Å². The molecule has 4 bridgehead atoms. The largest absolute Gasteiger partial charge is 0.475 e. The van der Waals surface area contributed by atoms with Gasteiger partial charge in [0.1, 0.15) is 0 Å². The lowest BCUT2D eigenvalue weighted by Crippen LogP contribution is -2.80. The first-order valence-electron chi connectivity index (χ1n) is 13.0. The molecule has 0 aromatic rings. The summed E-state index contributed by atoms with van der Waals surface area (Å²) in [5.41, 5.74) is -2.09. The van der Waals surface area contributed by atoms with Gasteiger partial charge in [-0.1, -0.05) is 13.8 Å². The summed E-state index contributed by atoms with van der Waals surface area (Å²) in [5, 5.41) is 0. The Balaban J connectivity index is 0.000000246. The number of hydrogen-bond donors (Lipinski definition) is 0. The van der Waals surface area contributed by atoms with Crippen molar-refractivity contribution >= 4 is 37.9 Å². The van der Waals surface area contributed by atoms with Gasteiger partial charge < -0.3 is 28.9 Å². The Kier molecular flexibility index (Phi) is 9.27. The van der Waals surface area contributed by atoms with Crippen molar-refractivity contribution in [1.82, 2.24) is 28.9 Å². The van der Waals surface area contributed by atoms with Crippen molar-refractivity contribution in [1.29, 1.82) is 0 Å². The molecule has 6 aliphatic heterocycles. The Labute approximate surface area is 248 Å². The Hall–Kier alpha value is -2.91. The number of alkyl halides is 12. The number of rotatable bonds is 1. The highest BCUT2D eigenvalue weighted by atomic mass is 19.4.